The molecule has 0 radical (unpaired) electrons. The maximum Gasteiger partial charge on any atom is 0.323 e. The van der Waals surface area contributed by atoms with Gasteiger partial charge in [-0.3, -0.25) is 19.0 Å². The van der Waals surface area contributed by atoms with Crippen LogP contribution in [0.1, 0.15) is 50.3 Å². The van der Waals surface area contributed by atoms with E-state index in [1.54, 1.807) is 63.2 Å². The van der Waals surface area contributed by atoms with E-state index in [0.717, 1.165) is 6.42 Å². The number of likely N-dealkylation sites (tertiary alicyclic amines) is 1. The van der Waals surface area contributed by atoms with Crippen LogP contribution >= 0.6 is 11.6 Å². The molecule has 5 rings (SSSR count). The van der Waals surface area contributed by atoms with Gasteiger partial charge in [0.2, 0.25) is 5.91 Å². The molecule has 3 atom stereocenters. The summed E-state index contributed by atoms with van der Waals surface area (Å²) in [7, 11) is 0. The molecule has 1 aliphatic heterocycles. The van der Waals surface area contributed by atoms with Crippen LogP contribution in [0.2, 0.25) is 5.02 Å². The van der Waals surface area contributed by atoms with Crippen molar-refractivity contribution < 1.29 is 28.4 Å². The maximum absolute atomic E-state index is 15.0. The van der Waals surface area contributed by atoms with E-state index in [2.05, 4.69) is 0 Å². The minimum Gasteiger partial charge on any atom is -0.460 e. The highest BCUT2D eigenvalue weighted by atomic mass is 35.5. The summed E-state index contributed by atoms with van der Waals surface area (Å²) in [4.78, 5) is 52.8. The molecule has 2 heterocycles. The Kier molecular flexibility index (Phi) is 7.54. The Labute approximate surface area is 241 Å². The molecule has 0 bridgehead atoms. The number of nitrogens with two attached hydrogens (primary N) is 1. The van der Waals surface area contributed by atoms with Gasteiger partial charge in [0.1, 0.15) is 11.6 Å². The van der Waals surface area contributed by atoms with Crippen LogP contribution in [0.5, 0.6) is 0 Å². The molecule has 1 aliphatic carbocycles. The molecule has 3 amide bonds. The third-order valence-electron chi connectivity index (χ3n) is 7.43. The molecular weight excluding hydrogens is 551 g/mol. The fourth-order valence-electron chi connectivity index (χ4n) is 5.65. The van der Waals surface area contributed by atoms with Gasteiger partial charge in [0, 0.05) is 22.6 Å². The first-order valence-electron chi connectivity index (χ1n) is 13.5. The molecule has 1 saturated heterocycles. The molecule has 2 aliphatic rings. The lowest BCUT2D eigenvalue weighted by molar-refractivity contribution is -0.157. The van der Waals surface area contributed by atoms with Crippen LogP contribution in [0.15, 0.2) is 48.7 Å². The van der Waals surface area contributed by atoms with Crippen LogP contribution in [-0.4, -0.2) is 56.1 Å². The number of fused-ring (bicyclic) bond motifs is 2. The number of nitrogens with zero attached hydrogens (tertiary/aromatic N) is 3. The second-order valence-corrected chi connectivity index (χ2v) is 12.2. The predicted molar refractivity (Wildman–Crippen MR) is 150 cm³/mol. The smallest absolute Gasteiger partial charge is 0.323 e. The largest absolute Gasteiger partial charge is 0.460 e. The Morgan fingerprint density at radius 2 is 1.83 bits per heavy atom. The van der Waals surface area contributed by atoms with E-state index in [0.29, 0.717) is 39.0 Å². The van der Waals surface area contributed by atoms with Gasteiger partial charge >= 0.3 is 12.0 Å². The van der Waals surface area contributed by atoms with Gasteiger partial charge in [-0.1, -0.05) is 40.3 Å². The first kappa shape index (κ1) is 28.6. The Balaban J connectivity index is 1.34. The standard InChI is InChI=1S/C30H32ClFN4O5/c1-30(2,3)41-27(38)11-17-7-8-22-20(16-34(29(33)40)24(22)10-17)14-26(37)36-23-12-19(23)13-25(36)28(39)35(32)15-18-5-4-6-21(31)9-18/h4-10,16,19,23,25H,11-15H2,1-3H3,(H2,33,40)/t19-,23-,25+/m1/s1. The first-order chi connectivity index (χ1) is 19.3. The number of esters is 1. The average Bonchev–Trinajstić information content (AvgIpc) is 3.38. The fraction of sp³-hybridized carbons (Fsp3) is 0.400. The second kappa shape index (κ2) is 10.8. The lowest BCUT2D eigenvalue weighted by Gasteiger charge is -2.28. The summed E-state index contributed by atoms with van der Waals surface area (Å²) in [6.45, 7) is 5.07. The van der Waals surface area contributed by atoms with Crippen molar-refractivity contribution in [2.24, 2.45) is 11.7 Å². The zero-order valence-electron chi connectivity index (χ0n) is 23.1. The number of carbonyl (C=O) groups excluding carboxylic acids is 4. The van der Waals surface area contributed by atoms with E-state index >= 15 is 4.48 Å². The van der Waals surface area contributed by atoms with Gasteiger partial charge in [-0.25, -0.2) is 4.79 Å². The zero-order valence-corrected chi connectivity index (χ0v) is 23.9. The van der Waals surface area contributed by atoms with E-state index in [4.69, 9.17) is 22.1 Å². The minimum absolute atomic E-state index is 0.000963. The highest BCUT2D eigenvalue weighted by Crippen LogP contribution is 2.48. The number of amides is 3. The number of carbonyl (C=O) groups is 4. The van der Waals surface area contributed by atoms with Gasteiger partial charge < -0.3 is 15.4 Å². The number of aromatic nitrogens is 1. The van der Waals surface area contributed by atoms with Crippen LogP contribution < -0.4 is 5.73 Å². The van der Waals surface area contributed by atoms with Crippen LogP contribution in [-0.2, 0) is 38.5 Å². The summed E-state index contributed by atoms with van der Waals surface area (Å²) in [5, 5.41) is 1.20. The Bertz CT molecular complexity index is 1550. The lowest BCUT2D eigenvalue weighted by atomic mass is 10.0. The number of hydrogen-bond acceptors (Lipinski definition) is 5. The third-order valence-corrected chi connectivity index (χ3v) is 7.66. The fourth-order valence-corrected chi connectivity index (χ4v) is 5.86. The van der Waals surface area contributed by atoms with Gasteiger partial charge in [0.25, 0.3) is 5.91 Å². The predicted octanol–water partition coefficient (Wildman–Crippen LogP) is 4.55. The molecule has 2 aromatic carbocycles. The van der Waals surface area contributed by atoms with Crippen LogP contribution in [0, 0.1) is 5.92 Å². The lowest BCUT2D eigenvalue weighted by Crippen LogP contribution is -2.47. The topological polar surface area (TPSA) is 115 Å². The van der Waals surface area contributed by atoms with Crippen LogP contribution in [0.3, 0.4) is 0 Å². The first-order valence-corrected chi connectivity index (χ1v) is 13.9. The second-order valence-electron chi connectivity index (χ2n) is 11.8. The van der Waals surface area contributed by atoms with Crippen LogP contribution in [0.25, 0.3) is 10.9 Å². The van der Waals surface area contributed by atoms with E-state index < -0.39 is 29.6 Å². The number of primary amides is 1. The number of hydrogen-bond donors (Lipinski definition) is 1. The van der Waals surface area contributed by atoms with E-state index in [1.165, 1.54) is 15.7 Å². The number of rotatable bonds is 7. The summed E-state index contributed by atoms with van der Waals surface area (Å²) < 4.78 is 21.6. The highest BCUT2D eigenvalue weighted by molar-refractivity contribution is 6.30. The van der Waals surface area contributed by atoms with Crippen molar-refractivity contribution in [2.75, 3.05) is 0 Å². The average molecular weight is 583 g/mol. The molecule has 216 valence electrons. The van der Waals surface area contributed by atoms with Crippen molar-refractivity contribution >= 4 is 46.3 Å². The molecule has 2 N–H and O–H groups in total. The van der Waals surface area contributed by atoms with E-state index in [1.807, 2.05) is 0 Å². The van der Waals surface area contributed by atoms with E-state index in [9.17, 15) is 19.2 Å². The van der Waals surface area contributed by atoms with Crippen LogP contribution in [0.4, 0.5) is 9.28 Å². The summed E-state index contributed by atoms with van der Waals surface area (Å²) in [6, 6.07) is 10.00. The van der Waals surface area contributed by atoms with Crippen molar-refractivity contribution in [3.8, 4) is 0 Å². The summed E-state index contributed by atoms with van der Waals surface area (Å²) in [6.07, 6.45) is 2.58. The Morgan fingerprint density at radius 1 is 1.07 bits per heavy atom. The van der Waals surface area contributed by atoms with Crippen molar-refractivity contribution in [1.82, 2.24) is 14.6 Å². The zero-order chi connectivity index (χ0) is 29.6. The van der Waals surface area contributed by atoms with Crippen molar-refractivity contribution in [3.05, 3.63) is 70.4 Å². The van der Waals surface area contributed by atoms with Gasteiger partial charge in [0.05, 0.1) is 24.9 Å². The molecule has 0 unspecified atom stereocenters. The van der Waals surface area contributed by atoms with E-state index in [-0.39, 0.29) is 42.4 Å². The van der Waals surface area contributed by atoms with Crippen molar-refractivity contribution in [1.29, 1.82) is 0 Å². The van der Waals surface area contributed by atoms with Gasteiger partial charge in [-0.05, 0) is 74.4 Å². The molecule has 1 saturated carbocycles. The van der Waals surface area contributed by atoms with Gasteiger partial charge in [-0.15, -0.1) is 0 Å². The molecule has 0 spiro atoms. The number of benzene rings is 2. The number of halogens is 2. The van der Waals surface area contributed by atoms with Crippen molar-refractivity contribution in [3.63, 3.8) is 0 Å². The molecular formula is C30H32ClFN4O5. The number of ether oxygens (including phenoxy) is 1. The quantitative estimate of drug-likeness (QED) is 0.324. The maximum atomic E-state index is 15.0. The monoisotopic (exact) mass is 582 g/mol. The number of piperidine rings is 1. The molecule has 9 nitrogen and oxygen atoms in total. The Morgan fingerprint density at radius 3 is 2.51 bits per heavy atom. The molecule has 1 aromatic heterocycles. The summed E-state index contributed by atoms with van der Waals surface area (Å²) >= 11 is 5.99. The molecule has 2 fully saturated rings. The van der Waals surface area contributed by atoms with Gasteiger partial charge in [0.15, 0.2) is 0 Å². The van der Waals surface area contributed by atoms with Gasteiger partial charge in [-0.2, -0.15) is 5.12 Å². The molecule has 41 heavy (non-hydrogen) atoms. The molecule has 11 heteroatoms. The normalized spacial score (nSPS) is 19.6. The summed E-state index contributed by atoms with van der Waals surface area (Å²) in [5.74, 6) is -1.34. The summed E-state index contributed by atoms with van der Waals surface area (Å²) in [5.41, 5.74) is 7.14. The minimum atomic E-state index is -0.902. The highest BCUT2D eigenvalue weighted by Gasteiger charge is 2.56. The van der Waals surface area contributed by atoms with Crippen molar-refractivity contribution in [2.45, 2.75) is 70.7 Å². The third kappa shape index (κ3) is 6.22. The Hall–Kier alpha value is -3.92. The SMILES string of the molecule is CC(C)(C)OC(=O)Cc1ccc2c(CC(=O)N3[C@@H]4C[C@@H]4C[C@H]3C(=O)N(F)Cc3cccc(Cl)c3)cn(C(N)=O)c2c1. The molecule has 3 aromatic rings.